The number of phenolic OH excluding ortho intramolecular Hbond substituents is 1. The van der Waals surface area contributed by atoms with Crippen molar-refractivity contribution in [3.63, 3.8) is 0 Å². The topological polar surface area (TPSA) is 140 Å². The number of benzene rings is 2. The molecule has 4 aliphatic rings. The van der Waals surface area contributed by atoms with Crippen molar-refractivity contribution in [2.75, 3.05) is 40.1 Å². The highest BCUT2D eigenvalue weighted by atomic mass is 16.8. The summed E-state index contributed by atoms with van der Waals surface area (Å²) in [4.78, 5) is 22.9. The summed E-state index contributed by atoms with van der Waals surface area (Å²) >= 11 is 0. The number of phenols is 1. The minimum Gasteiger partial charge on any atom is -0.508 e. The van der Waals surface area contributed by atoms with Crippen LogP contribution in [0.4, 0.5) is 0 Å². The Morgan fingerprint density at radius 3 is 2.64 bits per heavy atom. The van der Waals surface area contributed by atoms with E-state index in [0.29, 0.717) is 50.3 Å². The number of allylic oxidation sites excluding steroid dienone is 1. The standard InChI is InChI=1S/C44H60N2O9/c1-4-20-46(40(50)26-30-13-12-15-33(25-30)51-3)39-29-37(45-55-41-17-8-11-24-52-41)35-27-31(14-6-9-21-47)34(16-7-10-22-48)42-36-28-32(49)18-19-38(36)54-44(39,43(35)42)53-23-5-2/h5,12-13,15,18-19,25,27-28,31,34,39,41-43,47-49H,2,4,6-11,14,16-17,20-24,26,29H2,1,3H3/t31-,34+,39-,41?,42+,43+,44+/m0/s1. The number of rotatable bonds is 19. The lowest BCUT2D eigenvalue weighted by Gasteiger charge is -2.60. The van der Waals surface area contributed by atoms with Gasteiger partial charge in [-0.1, -0.05) is 49.2 Å². The summed E-state index contributed by atoms with van der Waals surface area (Å²) in [6.45, 7) is 7.55. The molecule has 1 amide bonds. The molecule has 11 nitrogen and oxygen atoms in total. The Bertz CT molecular complexity index is 1660. The highest BCUT2D eigenvalue weighted by Crippen LogP contribution is 2.62. The molecule has 2 heterocycles. The van der Waals surface area contributed by atoms with Crippen molar-refractivity contribution >= 4 is 11.6 Å². The first-order chi connectivity index (χ1) is 26.9. The third kappa shape index (κ3) is 9.06. The van der Waals surface area contributed by atoms with Gasteiger partial charge in [0, 0.05) is 44.1 Å². The lowest BCUT2D eigenvalue weighted by Crippen LogP contribution is -2.70. The average Bonchev–Trinajstić information content (AvgIpc) is 3.20. The summed E-state index contributed by atoms with van der Waals surface area (Å²) in [5.41, 5.74) is 3.41. The minimum atomic E-state index is -1.35. The molecule has 7 atom stereocenters. The smallest absolute Gasteiger partial charge is 0.239 e. The van der Waals surface area contributed by atoms with Crippen molar-refractivity contribution in [3.05, 3.63) is 77.9 Å². The monoisotopic (exact) mass is 760 g/mol. The van der Waals surface area contributed by atoms with Crippen molar-refractivity contribution in [1.82, 2.24) is 4.90 Å². The lowest BCUT2D eigenvalue weighted by atomic mass is 9.55. The zero-order chi connectivity index (χ0) is 38.8. The zero-order valence-electron chi connectivity index (χ0n) is 32.6. The second kappa shape index (κ2) is 19.3. The van der Waals surface area contributed by atoms with Crippen LogP contribution in [0.15, 0.2) is 71.9 Å². The molecule has 300 valence electrons. The second-order valence-electron chi connectivity index (χ2n) is 15.3. The predicted octanol–water partition coefficient (Wildman–Crippen LogP) is 7.04. The summed E-state index contributed by atoms with van der Waals surface area (Å²) in [5.74, 6) is -0.446. The number of aliphatic hydroxyl groups excluding tert-OH is 2. The molecular weight excluding hydrogens is 700 g/mol. The number of amides is 1. The fourth-order valence-corrected chi connectivity index (χ4v) is 9.33. The first kappa shape index (κ1) is 40.8. The van der Waals surface area contributed by atoms with Crippen molar-refractivity contribution in [3.8, 4) is 17.2 Å². The molecule has 11 heteroatoms. The van der Waals surface area contributed by atoms with E-state index in [1.165, 1.54) is 0 Å². The molecule has 6 rings (SSSR count). The number of fused-ring (bicyclic) bond motifs is 2. The summed E-state index contributed by atoms with van der Waals surface area (Å²) in [7, 11) is 1.62. The first-order valence-electron chi connectivity index (χ1n) is 20.3. The van der Waals surface area contributed by atoms with Crippen LogP contribution in [0, 0.1) is 17.8 Å². The molecule has 2 aromatic carbocycles. The maximum absolute atomic E-state index is 14.7. The number of hydrogen-bond acceptors (Lipinski definition) is 10. The Balaban J connectivity index is 1.55. The number of carbonyl (C=O) groups excluding carboxylic acids is 1. The van der Waals surface area contributed by atoms with Crippen molar-refractivity contribution in [1.29, 1.82) is 0 Å². The van der Waals surface area contributed by atoms with Gasteiger partial charge in [-0.15, -0.1) is 6.58 Å². The van der Waals surface area contributed by atoms with Crippen LogP contribution >= 0.6 is 0 Å². The average molecular weight is 761 g/mol. The molecule has 3 N–H and O–H groups in total. The Morgan fingerprint density at radius 1 is 1.09 bits per heavy atom. The van der Waals surface area contributed by atoms with Crippen LogP contribution in [0.3, 0.4) is 0 Å². The largest absolute Gasteiger partial charge is 0.508 e. The Morgan fingerprint density at radius 2 is 1.91 bits per heavy atom. The van der Waals surface area contributed by atoms with Gasteiger partial charge in [-0.05, 0) is 98.2 Å². The molecule has 1 unspecified atom stereocenters. The highest BCUT2D eigenvalue weighted by Gasteiger charge is 2.65. The summed E-state index contributed by atoms with van der Waals surface area (Å²) in [5, 5.41) is 35.5. The van der Waals surface area contributed by atoms with Gasteiger partial charge >= 0.3 is 0 Å². The van der Waals surface area contributed by atoms with E-state index in [1.54, 1.807) is 19.3 Å². The van der Waals surface area contributed by atoms with E-state index < -0.39 is 24.0 Å². The van der Waals surface area contributed by atoms with E-state index in [2.05, 4.69) is 19.6 Å². The van der Waals surface area contributed by atoms with E-state index in [1.807, 2.05) is 41.3 Å². The van der Waals surface area contributed by atoms with Crippen LogP contribution in [0.1, 0.15) is 94.6 Å². The van der Waals surface area contributed by atoms with Crippen LogP contribution in [0.2, 0.25) is 0 Å². The fourth-order valence-electron chi connectivity index (χ4n) is 9.33. The Labute approximate surface area is 325 Å². The summed E-state index contributed by atoms with van der Waals surface area (Å²) < 4.78 is 25.7. The molecule has 1 saturated heterocycles. The van der Waals surface area contributed by atoms with Crippen LogP contribution in [-0.2, 0) is 25.5 Å². The zero-order valence-corrected chi connectivity index (χ0v) is 32.6. The second-order valence-corrected chi connectivity index (χ2v) is 15.3. The maximum Gasteiger partial charge on any atom is 0.239 e. The van der Waals surface area contributed by atoms with Crippen LogP contribution in [-0.4, -0.2) is 90.0 Å². The van der Waals surface area contributed by atoms with E-state index in [-0.39, 0.29) is 55.7 Å². The number of aromatic hydroxyl groups is 1. The van der Waals surface area contributed by atoms with E-state index in [0.717, 1.165) is 67.4 Å². The molecule has 1 saturated carbocycles. The number of ether oxygens (including phenoxy) is 4. The predicted molar refractivity (Wildman–Crippen MR) is 210 cm³/mol. The van der Waals surface area contributed by atoms with Crippen molar-refractivity contribution in [2.24, 2.45) is 22.9 Å². The third-order valence-electron chi connectivity index (χ3n) is 11.7. The normalized spacial score (nSPS) is 27.6. The number of hydrogen-bond donors (Lipinski definition) is 3. The number of oxime groups is 1. The van der Waals surface area contributed by atoms with Gasteiger partial charge in [0.05, 0.1) is 38.4 Å². The molecule has 2 aliphatic heterocycles. The molecule has 0 aromatic heterocycles. The Kier molecular flexibility index (Phi) is 14.3. The van der Waals surface area contributed by atoms with Gasteiger partial charge in [-0.25, -0.2) is 0 Å². The molecule has 2 fully saturated rings. The molecule has 0 bridgehead atoms. The van der Waals surface area contributed by atoms with Crippen LogP contribution in [0.5, 0.6) is 17.2 Å². The summed E-state index contributed by atoms with van der Waals surface area (Å²) in [6.07, 6.45) is 12.1. The molecule has 0 radical (unpaired) electrons. The van der Waals surface area contributed by atoms with Crippen LogP contribution < -0.4 is 9.47 Å². The van der Waals surface area contributed by atoms with Crippen molar-refractivity contribution in [2.45, 2.75) is 108 Å². The van der Waals surface area contributed by atoms with Gasteiger partial charge in [-0.2, -0.15) is 0 Å². The number of nitrogens with zero attached hydrogens (tertiary/aromatic N) is 2. The minimum absolute atomic E-state index is 0.0705. The number of unbranched alkanes of at least 4 members (excludes halogenated alkanes) is 2. The SMILES string of the molecule is C=CCO[C@@]12Oc3ccc(O)cc3[C@H]3[C@H](CCCCO)[C@@H](CCCCO)C=C(C(=NOC4CCCCO4)C[C@@H]1N(CCC)C(=O)Cc1cccc(OC)c1)[C@H]32. The molecule has 2 aliphatic carbocycles. The maximum atomic E-state index is 14.7. The first-order valence-corrected chi connectivity index (χ1v) is 20.3. The van der Waals surface area contributed by atoms with Gasteiger partial charge in [-0.3, -0.25) is 4.79 Å². The fraction of sp³-hybridized carbons (Fsp3) is 0.591. The van der Waals surface area contributed by atoms with Crippen LogP contribution in [0.25, 0.3) is 0 Å². The van der Waals surface area contributed by atoms with Crippen molar-refractivity contribution < 1.29 is 43.9 Å². The Hall–Kier alpha value is -3.90. The molecule has 0 spiro atoms. The lowest BCUT2D eigenvalue weighted by molar-refractivity contribution is -0.257. The van der Waals surface area contributed by atoms with Gasteiger partial charge in [0.2, 0.25) is 18.0 Å². The number of methoxy groups -OCH3 is 1. The molecule has 55 heavy (non-hydrogen) atoms. The van der Waals surface area contributed by atoms with Gasteiger partial charge < -0.3 is 44.0 Å². The van der Waals surface area contributed by atoms with Gasteiger partial charge in [0.25, 0.3) is 0 Å². The van der Waals surface area contributed by atoms with Gasteiger partial charge in [0.15, 0.2) is 0 Å². The quantitative estimate of drug-likeness (QED) is 0.0782. The number of carbonyl (C=O) groups is 1. The third-order valence-corrected chi connectivity index (χ3v) is 11.7. The van der Waals surface area contributed by atoms with Gasteiger partial charge in [0.1, 0.15) is 23.3 Å². The number of aliphatic hydroxyl groups is 2. The van der Waals surface area contributed by atoms with E-state index >= 15 is 0 Å². The van der Waals surface area contributed by atoms with E-state index in [9.17, 15) is 20.1 Å². The van der Waals surface area contributed by atoms with E-state index in [4.69, 9.17) is 28.9 Å². The molecular formula is C44H60N2O9. The highest BCUT2D eigenvalue weighted by molar-refractivity contribution is 6.03. The summed E-state index contributed by atoms with van der Waals surface area (Å²) in [6, 6.07) is 12.2. The molecule has 2 aromatic rings.